The first kappa shape index (κ1) is 14.7. The van der Waals surface area contributed by atoms with Crippen LogP contribution in [0.3, 0.4) is 0 Å². The molecule has 3 aliphatic rings. The zero-order valence-electron chi connectivity index (χ0n) is 13.1. The summed E-state index contributed by atoms with van der Waals surface area (Å²) in [5.74, 6) is -1.04. The van der Waals surface area contributed by atoms with Crippen molar-refractivity contribution in [3.05, 3.63) is 30.1 Å². The summed E-state index contributed by atoms with van der Waals surface area (Å²) < 4.78 is 19.6. The quantitative estimate of drug-likeness (QED) is 0.802. The Kier molecular flexibility index (Phi) is 3.39. The number of rotatable bonds is 4. The standard InChI is InChI=1S/C18H20FNO3/c1-2-7-20(13-6-4-3-5-12(13)19)17(21)15-10-8-11-14(9-10)23-18(22)16(11)15/h3-6,10-11,14-16H,2,7-9H2,1H3/t10-,11+,14+,15-,16+/m0/s1. The van der Waals surface area contributed by atoms with Gasteiger partial charge in [0.2, 0.25) is 5.91 Å². The van der Waals surface area contributed by atoms with E-state index in [2.05, 4.69) is 0 Å². The number of anilines is 1. The van der Waals surface area contributed by atoms with E-state index in [0.717, 1.165) is 19.3 Å². The molecule has 2 saturated carbocycles. The lowest BCUT2D eigenvalue weighted by Crippen LogP contribution is -2.43. The van der Waals surface area contributed by atoms with E-state index in [4.69, 9.17) is 4.74 Å². The topological polar surface area (TPSA) is 46.6 Å². The van der Waals surface area contributed by atoms with E-state index in [1.807, 2.05) is 6.92 Å². The van der Waals surface area contributed by atoms with Crippen LogP contribution in [0.25, 0.3) is 0 Å². The summed E-state index contributed by atoms with van der Waals surface area (Å²) in [6, 6.07) is 6.34. The highest BCUT2D eigenvalue weighted by atomic mass is 19.1. The third-order valence-electron chi connectivity index (χ3n) is 5.62. The van der Waals surface area contributed by atoms with E-state index in [0.29, 0.717) is 12.2 Å². The number of hydrogen-bond acceptors (Lipinski definition) is 3. The molecular weight excluding hydrogens is 297 g/mol. The maximum absolute atomic E-state index is 14.2. The molecule has 0 N–H and O–H groups in total. The van der Waals surface area contributed by atoms with E-state index < -0.39 is 5.82 Å². The maximum atomic E-state index is 14.2. The van der Waals surface area contributed by atoms with Gasteiger partial charge in [0.25, 0.3) is 0 Å². The second kappa shape index (κ2) is 5.32. The first-order valence-corrected chi connectivity index (χ1v) is 8.38. The van der Waals surface area contributed by atoms with Crippen LogP contribution in [0.15, 0.2) is 24.3 Å². The SMILES string of the molecule is CCCN(C(=O)[C@H]1[C@H]2C[C@H]3[C@H]1C(=O)O[C@@H]3C2)c1ccccc1F. The number of amides is 1. The lowest BCUT2D eigenvalue weighted by atomic mass is 9.79. The average Bonchev–Trinajstić information content (AvgIpc) is 3.14. The molecule has 122 valence electrons. The van der Waals surface area contributed by atoms with Crippen molar-refractivity contribution in [2.24, 2.45) is 23.7 Å². The molecule has 5 heteroatoms. The number of fused-ring (bicyclic) bond motifs is 1. The molecule has 1 amide bonds. The molecule has 0 spiro atoms. The first-order valence-electron chi connectivity index (χ1n) is 8.38. The number of esters is 1. The van der Waals surface area contributed by atoms with Crippen molar-refractivity contribution in [3.8, 4) is 0 Å². The van der Waals surface area contributed by atoms with Crippen molar-refractivity contribution in [3.63, 3.8) is 0 Å². The second-order valence-corrected chi connectivity index (χ2v) is 6.86. The summed E-state index contributed by atoms with van der Waals surface area (Å²) >= 11 is 0. The smallest absolute Gasteiger partial charge is 0.310 e. The van der Waals surface area contributed by atoms with Gasteiger partial charge in [-0.15, -0.1) is 0 Å². The molecule has 4 nitrogen and oxygen atoms in total. The molecule has 2 aliphatic carbocycles. The fourth-order valence-electron chi connectivity index (χ4n) is 4.76. The van der Waals surface area contributed by atoms with E-state index in [1.54, 1.807) is 18.2 Å². The predicted octanol–water partition coefficient (Wildman–Crippen LogP) is 2.77. The third-order valence-corrected chi connectivity index (χ3v) is 5.62. The molecule has 0 aromatic heterocycles. The number of hydrogen-bond donors (Lipinski definition) is 0. The first-order chi connectivity index (χ1) is 11.1. The fraction of sp³-hybridized carbons (Fsp3) is 0.556. The van der Waals surface area contributed by atoms with Crippen molar-refractivity contribution in [2.45, 2.75) is 32.3 Å². The van der Waals surface area contributed by atoms with Gasteiger partial charge in [-0.2, -0.15) is 0 Å². The van der Waals surface area contributed by atoms with Crippen molar-refractivity contribution < 1.29 is 18.7 Å². The summed E-state index contributed by atoms with van der Waals surface area (Å²) in [7, 11) is 0. The number of halogens is 1. The van der Waals surface area contributed by atoms with Gasteiger partial charge in [0.1, 0.15) is 11.9 Å². The Hall–Kier alpha value is -1.91. The molecular formula is C18H20FNO3. The number of para-hydroxylation sites is 1. The van der Waals surface area contributed by atoms with Gasteiger partial charge in [0.15, 0.2) is 0 Å². The molecule has 4 rings (SSSR count). The van der Waals surface area contributed by atoms with Crippen molar-refractivity contribution in [1.82, 2.24) is 0 Å². The molecule has 0 unspecified atom stereocenters. The van der Waals surface area contributed by atoms with Gasteiger partial charge < -0.3 is 9.64 Å². The van der Waals surface area contributed by atoms with Crippen LogP contribution >= 0.6 is 0 Å². The summed E-state index contributed by atoms with van der Waals surface area (Å²) in [6.45, 7) is 2.42. The Morgan fingerprint density at radius 2 is 2.13 bits per heavy atom. The minimum absolute atomic E-state index is 0.00892. The molecule has 1 aliphatic heterocycles. The summed E-state index contributed by atoms with van der Waals surface area (Å²) in [6.07, 6.45) is 2.41. The van der Waals surface area contributed by atoms with Gasteiger partial charge in [0.05, 0.1) is 17.5 Å². The Bertz CT molecular complexity index is 659. The molecule has 23 heavy (non-hydrogen) atoms. The Morgan fingerprint density at radius 1 is 1.35 bits per heavy atom. The van der Waals surface area contributed by atoms with E-state index in [1.165, 1.54) is 11.0 Å². The summed E-state index contributed by atoms with van der Waals surface area (Å²) in [4.78, 5) is 26.8. The Balaban J connectivity index is 1.66. The lowest BCUT2D eigenvalue weighted by Gasteiger charge is -2.31. The van der Waals surface area contributed by atoms with Crippen LogP contribution in [-0.2, 0) is 14.3 Å². The van der Waals surface area contributed by atoms with Gasteiger partial charge in [-0.25, -0.2) is 4.39 Å². The normalized spacial score (nSPS) is 33.8. The zero-order valence-corrected chi connectivity index (χ0v) is 13.1. The summed E-state index contributed by atoms with van der Waals surface area (Å²) in [5.41, 5.74) is 0.310. The lowest BCUT2D eigenvalue weighted by molar-refractivity contribution is -0.145. The molecule has 5 atom stereocenters. The van der Waals surface area contributed by atoms with Gasteiger partial charge in [-0.05, 0) is 37.3 Å². The fourth-order valence-corrected chi connectivity index (χ4v) is 4.76. The Morgan fingerprint density at radius 3 is 2.87 bits per heavy atom. The number of ether oxygens (including phenoxy) is 1. The third kappa shape index (κ3) is 2.09. The van der Waals surface area contributed by atoms with E-state index >= 15 is 0 Å². The molecule has 1 aromatic carbocycles. The minimum Gasteiger partial charge on any atom is -0.462 e. The molecule has 1 aromatic rings. The number of carbonyl (C=O) groups is 2. The van der Waals surface area contributed by atoms with Crippen LogP contribution in [0.2, 0.25) is 0 Å². The van der Waals surface area contributed by atoms with Gasteiger partial charge in [0, 0.05) is 12.5 Å². The molecule has 1 heterocycles. The van der Waals surface area contributed by atoms with Crippen LogP contribution in [0.5, 0.6) is 0 Å². The van der Waals surface area contributed by atoms with Crippen molar-refractivity contribution in [2.75, 3.05) is 11.4 Å². The van der Waals surface area contributed by atoms with E-state index in [-0.39, 0.29) is 41.7 Å². The number of nitrogens with zero attached hydrogens (tertiary/aromatic N) is 1. The maximum Gasteiger partial charge on any atom is 0.310 e. The van der Waals surface area contributed by atoms with Crippen LogP contribution in [0, 0.1) is 29.5 Å². The number of carbonyl (C=O) groups excluding carboxylic acids is 2. The van der Waals surface area contributed by atoms with Crippen LogP contribution in [-0.4, -0.2) is 24.5 Å². The van der Waals surface area contributed by atoms with Crippen LogP contribution in [0.4, 0.5) is 10.1 Å². The highest BCUT2D eigenvalue weighted by molar-refractivity contribution is 5.98. The number of benzene rings is 1. The van der Waals surface area contributed by atoms with Gasteiger partial charge in [-0.1, -0.05) is 19.1 Å². The molecule has 0 radical (unpaired) electrons. The molecule has 1 saturated heterocycles. The van der Waals surface area contributed by atoms with Gasteiger partial charge >= 0.3 is 5.97 Å². The van der Waals surface area contributed by atoms with Crippen LogP contribution < -0.4 is 4.90 Å². The Labute approximate surface area is 134 Å². The average molecular weight is 317 g/mol. The van der Waals surface area contributed by atoms with Gasteiger partial charge in [-0.3, -0.25) is 9.59 Å². The molecule has 3 fully saturated rings. The van der Waals surface area contributed by atoms with E-state index in [9.17, 15) is 14.0 Å². The van der Waals surface area contributed by atoms with Crippen molar-refractivity contribution in [1.29, 1.82) is 0 Å². The largest absolute Gasteiger partial charge is 0.462 e. The monoisotopic (exact) mass is 317 g/mol. The minimum atomic E-state index is -0.399. The predicted molar refractivity (Wildman–Crippen MR) is 82.1 cm³/mol. The second-order valence-electron chi connectivity index (χ2n) is 6.86. The summed E-state index contributed by atoms with van der Waals surface area (Å²) in [5, 5.41) is 0. The van der Waals surface area contributed by atoms with Crippen molar-refractivity contribution >= 4 is 17.6 Å². The van der Waals surface area contributed by atoms with Crippen LogP contribution in [0.1, 0.15) is 26.2 Å². The molecule has 2 bridgehead atoms. The highest BCUT2D eigenvalue weighted by Gasteiger charge is 2.64. The highest BCUT2D eigenvalue weighted by Crippen LogP contribution is 2.58. The zero-order chi connectivity index (χ0) is 16.1.